The molecule has 21 heavy (non-hydrogen) atoms. The molecule has 2 aliphatic heterocycles. The molecule has 2 saturated heterocycles. The number of nitrogens with zero attached hydrogens (tertiary/aromatic N) is 1. The van der Waals surface area contributed by atoms with Crippen LogP contribution in [0.15, 0.2) is 24.3 Å². The van der Waals surface area contributed by atoms with E-state index in [0.29, 0.717) is 0 Å². The summed E-state index contributed by atoms with van der Waals surface area (Å²) in [5.41, 5.74) is 2.39. The molecule has 4 unspecified atom stereocenters. The molecule has 114 valence electrons. The molecule has 0 aromatic heterocycles. The van der Waals surface area contributed by atoms with Gasteiger partial charge in [0.05, 0.1) is 18.2 Å². The van der Waals surface area contributed by atoms with E-state index in [1.165, 1.54) is 5.56 Å². The molecule has 1 aromatic carbocycles. The quantitative estimate of drug-likeness (QED) is 0.928. The van der Waals surface area contributed by atoms with Crippen LogP contribution in [0.2, 0.25) is 0 Å². The lowest BCUT2D eigenvalue weighted by Crippen LogP contribution is -2.43. The highest BCUT2D eigenvalue weighted by Gasteiger charge is 2.45. The third kappa shape index (κ3) is 2.58. The minimum atomic E-state index is -0.0795. The average Bonchev–Trinajstić information content (AvgIpc) is 3.03. The molecule has 2 heterocycles. The third-order valence-electron chi connectivity index (χ3n) is 4.68. The zero-order valence-corrected chi connectivity index (χ0v) is 13.0. The number of carbonyl (C=O) groups is 1. The van der Waals surface area contributed by atoms with E-state index in [4.69, 9.17) is 4.74 Å². The second-order valence-electron chi connectivity index (χ2n) is 6.12. The van der Waals surface area contributed by atoms with Crippen molar-refractivity contribution in [3.8, 4) is 0 Å². The average molecular weight is 288 g/mol. The highest BCUT2D eigenvalue weighted by atomic mass is 16.5. The van der Waals surface area contributed by atoms with Gasteiger partial charge in [0.15, 0.2) is 0 Å². The van der Waals surface area contributed by atoms with E-state index in [1.807, 2.05) is 4.90 Å². The molecule has 0 spiro atoms. The molecule has 1 N–H and O–H groups in total. The first kappa shape index (κ1) is 14.5. The molecule has 2 aliphatic rings. The second kappa shape index (κ2) is 5.78. The summed E-state index contributed by atoms with van der Waals surface area (Å²) in [5, 5.41) is 3.49. The molecular formula is C17H24N2O2. The summed E-state index contributed by atoms with van der Waals surface area (Å²) in [4.78, 5) is 14.8. The summed E-state index contributed by atoms with van der Waals surface area (Å²) in [6.07, 6.45) is 1.82. The molecule has 1 aromatic rings. The van der Waals surface area contributed by atoms with Crippen LogP contribution in [0.5, 0.6) is 0 Å². The van der Waals surface area contributed by atoms with E-state index in [-0.39, 0.29) is 30.3 Å². The van der Waals surface area contributed by atoms with Gasteiger partial charge in [0.25, 0.3) is 0 Å². The molecule has 1 amide bonds. The Morgan fingerprint density at radius 1 is 1.33 bits per heavy atom. The number of nitrogens with one attached hydrogen (secondary N) is 1. The number of aryl methyl sites for hydroxylation is 1. The van der Waals surface area contributed by atoms with Crippen LogP contribution in [0.1, 0.15) is 44.0 Å². The van der Waals surface area contributed by atoms with Crippen LogP contribution in [-0.2, 0) is 9.53 Å². The van der Waals surface area contributed by atoms with Gasteiger partial charge >= 0.3 is 0 Å². The van der Waals surface area contributed by atoms with Crippen molar-refractivity contribution in [1.82, 2.24) is 10.2 Å². The molecule has 0 radical (unpaired) electrons. The van der Waals surface area contributed by atoms with Crippen molar-refractivity contribution in [2.24, 2.45) is 0 Å². The van der Waals surface area contributed by atoms with Gasteiger partial charge in [-0.25, -0.2) is 0 Å². The van der Waals surface area contributed by atoms with Gasteiger partial charge in [0, 0.05) is 6.61 Å². The number of carbonyl (C=O) groups excluding carboxylic acids is 1. The normalized spacial score (nSPS) is 32.9. The predicted molar refractivity (Wildman–Crippen MR) is 81.8 cm³/mol. The van der Waals surface area contributed by atoms with Crippen molar-refractivity contribution in [2.75, 3.05) is 6.61 Å². The fourth-order valence-electron chi connectivity index (χ4n) is 3.39. The Balaban J connectivity index is 1.92. The SMILES string of the molecule is CCC1NC(c2ccc(C)cc2)N(C2CCOC2C)C1=O. The fourth-order valence-corrected chi connectivity index (χ4v) is 3.39. The van der Waals surface area contributed by atoms with E-state index in [0.717, 1.165) is 25.0 Å². The molecule has 4 nitrogen and oxygen atoms in total. The van der Waals surface area contributed by atoms with Gasteiger partial charge in [-0.1, -0.05) is 36.8 Å². The van der Waals surface area contributed by atoms with Crippen LogP contribution >= 0.6 is 0 Å². The molecule has 4 heteroatoms. The Morgan fingerprint density at radius 3 is 2.62 bits per heavy atom. The maximum Gasteiger partial charge on any atom is 0.241 e. The lowest BCUT2D eigenvalue weighted by Gasteiger charge is -2.32. The van der Waals surface area contributed by atoms with Gasteiger partial charge in [0.2, 0.25) is 5.91 Å². The monoisotopic (exact) mass is 288 g/mol. The number of benzene rings is 1. The first-order valence-electron chi connectivity index (χ1n) is 7.88. The van der Waals surface area contributed by atoms with Gasteiger partial charge in [-0.2, -0.15) is 0 Å². The van der Waals surface area contributed by atoms with Crippen LogP contribution in [0.25, 0.3) is 0 Å². The predicted octanol–water partition coefficient (Wildman–Crippen LogP) is 2.38. The summed E-state index contributed by atoms with van der Waals surface area (Å²) >= 11 is 0. The second-order valence-corrected chi connectivity index (χ2v) is 6.12. The van der Waals surface area contributed by atoms with Gasteiger partial charge in [-0.15, -0.1) is 0 Å². The highest BCUT2D eigenvalue weighted by Crippen LogP contribution is 2.33. The lowest BCUT2D eigenvalue weighted by molar-refractivity contribution is -0.133. The zero-order chi connectivity index (χ0) is 15.0. The van der Waals surface area contributed by atoms with Crippen molar-refractivity contribution in [3.63, 3.8) is 0 Å². The zero-order valence-electron chi connectivity index (χ0n) is 13.0. The standard InChI is InChI=1S/C17H24N2O2/c1-4-14-17(20)19(15-9-10-21-12(15)3)16(18-14)13-7-5-11(2)6-8-13/h5-8,12,14-16,18H,4,9-10H2,1-3H3. The minimum absolute atomic E-state index is 0.0304. The van der Waals surface area contributed by atoms with Crippen molar-refractivity contribution in [3.05, 3.63) is 35.4 Å². The Hall–Kier alpha value is -1.39. The van der Waals surface area contributed by atoms with Crippen molar-refractivity contribution < 1.29 is 9.53 Å². The minimum Gasteiger partial charge on any atom is -0.376 e. The van der Waals surface area contributed by atoms with Crippen LogP contribution in [0.4, 0.5) is 0 Å². The molecule has 4 atom stereocenters. The molecular weight excluding hydrogens is 264 g/mol. The molecule has 0 saturated carbocycles. The Labute approximate surface area is 126 Å². The fraction of sp³-hybridized carbons (Fsp3) is 0.588. The van der Waals surface area contributed by atoms with Crippen LogP contribution in [0, 0.1) is 6.92 Å². The third-order valence-corrected chi connectivity index (χ3v) is 4.68. The Kier molecular flexibility index (Phi) is 4.00. The largest absolute Gasteiger partial charge is 0.376 e. The van der Waals surface area contributed by atoms with E-state index >= 15 is 0 Å². The maximum atomic E-state index is 12.7. The van der Waals surface area contributed by atoms with Crippen molar-refractivity contribution >= 4 is 5.91 Å². The molecule has 0 aliphatic carbocycles. The number of ether oxygens (including phenoxy) is 1. The summed E-state index contributed by atoms with van der Waals surface area (Å²) in [6.45, 7) is 6.94. The summed E-state index contributed by atoms with van der Waals surface area (Å²) in [5.74, 6) is 0.213. The van der Waals surface area contributed by atoms with Crippen molar-refractivity contribution in [2.45, 2.75) is 58.0 Å². The lowest BCUT2D eigenvalue weighted by atomic mass is 10.1. The maximum absolute atomic E-state index is 12.7. The summed E-state index contributed by atoms with van der Waals surface area (Å²) in [6, 6.07) is 8.54. The topological polar surface area (TPSA) is 41.6 Å². The molecule has 0 bridgehead atoms. The molecule has 3 rings (SSSR count). The van der Waals surface area contributed by atoms with Crippen LogP contribution in [0.3, 0.4) is 0 Å². The number of rotatable bonds is 3. The van der Waals surface area contributed by atoms with Gasteiger partial charge in [0.1, 0.15) is 6.17 Å². The Morgan fingerprint density at radius 2 is 2.05 bits per heavy atom. The van der Waals surface area contributed by atoms with Crippen molar-refractivity contribution in [1.29, 1.82) is 0 Å². The van der Waals surface area contributed by atoms with E-state index in [1.54, 1.807) is 0 Å². The van der Waals surface area contributed by atoms with Crippen LogP contribution < -0.4 is 5.32 Å². The van der Waals surface area contributed by atoms with E-state index in [9.17, 15) is 4.79 Å². The van der Waals surface area contributed by atoms with Gasteiger partial charge in [-0.05, 0) is 32.3 Å². The van der Waals surface area contributed by atoms with Gasteiger partial charge < -0.3 is 9.64 Å². The van der Waals surface area contributed by atoms with Crippen LogP contribution in [-0.4, -0.2) is 35.6 Å². The summed E-state index contributed by atoms with van der Waals surface area (Å²) < 4.78 is 5.68. The smallest absolute Gasteiger partial charge is 0.241 e. The number of amides is 1. The highest BCUT2D eigenvalue weighted by molar-refractivity contribution is 5.85. The van der Waals surface area contributed by atoms with Gasteiger partial charge in [-0.3, -0.25) is 10.1 Å². The number of hydrogen-bond acceptors (Lipinski definition) is 3. The number of hydrogen-bond donors (Lipinski definition) is 1. The van der Waals surface area contributed by atoms with E-state index in [2.05, 4.69) is 50.4 Å². The first-order valence-corrected chi connectivity index (χ1v) is 7.88. The first-order chi connectivity index (χ1) is 10.1. The molecule has 2 fully saturated rings. The van der Waals surface area contributed by atoms with E-state index < -0.39 is 0 Å². The summed E-state index contributed by atoms with van der Waals surface area (Å²) in [7, 11) is 0. The Bertz CT molecular complexity index is 514.